The molecule has 2 aromatic carbocycles. The molecule has 122 valence electrons. The van der Waals surface area contributed by atoms with Crippen LogP contribution in [0.4, 0.5) is 0 Å². The molecule has 2 heterocycles. The lowest BCUT2D eigenvalue weighted by Gasteiger charge is -2.16. The normalized spacial score (nSPS) is 17.4. The maximum atomic E-state index is 12.7. The monoisotopic (exact) mass is 320 g/mol. The summed E-state index contributed by atoms with van der Waals surface area (Å²) in [5.74, 6) is 1.16. The molecule has 1 aliphatic heterocycles. The first-order valence-corrected chi connectivity index (χ1v) is 8.25. The van der Waals surface area contributed by atoms with Crippen LogP contribution in [0.5, 0.6) is 5.75 Å². The Morgan fingerprint density at radius 1 is 1.17 bits per heavy atom. The molecule has 1 atom stereocenters. The van der Waals surface area contributed by atoms with Crippen LogP contribution in [0, 0.1) is 0 Å². The third-order valence-electron chi connectivity index (χ3n) is 4.78. The Hall–Kier alpha value is -2.75. The summed E-state index contributed by atoms with van der Waals surface area (Å²) in [6.07, 6.45) is 0.989. The Balaban J connectivity index is 1.52. The highest BCUT2D eigenvalue weighted by molar-refractivity contribution is 5.94. The summed E-state index contributed by atoms with van der Waals surface area (Å²) in [4.78, 5) is 18.2. The molecule has 3 aromatic rings. The molecule has 24 heavy (non-hydrogen) atoms. The maximum Gasteiger partial charge on any atom is 0.254 e. The largest absolute Gasteiger partial charge is 0.497 e. The van der Waals surface area contributed by atoms with Gasteiger partial charge < -0.3 is 14.6 Å². The van der Waals surface area contributed by atoms with Crippen LogP contribution < -0.4 is 4.74 Å². The lowest BCUT2D eigenvalue weighted by molar-refractivity contribution is 0.0790. The number of hydrogen-bond donors (Lipinski definition) is 1. The van der Waals surface area contributed by atoms with Gasteiger partial charge in [-0.1, -0.05) is 24.3 Å². The van der Waals surface area contributed by atoms with E-state index < -0.39 is 0 Å². The Kier molecular flexibility index (Phi) is 3.73. The number of nitrogens with zero attached hydrogens (tertiary/aromatic N) is 1. The number of rotatable bonds is 3. The lowest BCUT2D eigenvalue weighted by Crippen LogP contribution is -2.28. The summed E-state index contributed by atoms with van der Waals surface area (Å²) in [6, 6.07) is 17.9. The fourth-order valence-electron chi connectivity index (χ4n) is 3.45. The van der Waals surface area contributed by atoms with Gasteiger partial charge in [0.15, 0.2) is 0 Å². The minimum atomic E-state index is 0.0764. The van der Waals surface area contributed by atoms with Crippen LogP contribution >= 0.6 is 0 Å². The SMILES string of the molecule is COc1cccc(C(=O)N2CCC(c3cc4ccccc4[nH]3)C2)c1. The van der Waals surface area contributed by atoms with Crippen molar-refractivity contribution in [3.05, 3.63) is 65.9 Å². The molecule has 4 heteroatoms. The van der Waals surface area contributed by atoms with Crippen LogP contribution in [-0.4, -0.2) is 36.0 Å². The summed E-state index contributed by atoms with van der Waals surface area (Å²) in [7, 11) is 1.62. The number of ether oxygens (including phenoxy) is 1. The third kappa shape index (κ3) is 2.64. The highest BCUT2D eigenvalue weighted by Gasteiger charge is 2.29. The minimum absolute atomic E-state index is 0.0764. The molecule has 0 radical (unpaired) electrons. The highest BCUT2D eigenvalue weighted by Crippen LogP contribution is 2.30. The van der Waals surface area contributed by atoms with Crippen molar-refractivity contribution in [2.24, 2.45) is 0 Å². The second-order valence-corrected chi connectivity index (χ2v) is 6.28. The predicted molar refractivity (Wildman–Crippen MR) is 94.6 cm³/mol. The zero-order valence-corrected chi connectivity index (χ0v) is 13.7. The number of nitrogens with one attached hydrogen (secondary N) is 1. The molecule has 1 N–H and O–H groups in total. The van der Waals surface area contributed by atoms with Gasteiger partial charge in [0.05, 0.1) is 7.11 Å². The first-order chi connectivity index (χ1) is 11.7. The van der Waals surface area contributed by atoms with Crippen LogP contribution in [0.1, 0.15) is 28.4 Å². The van der Waals surface area contributed by atoms with Crippen LogP contribution in [-0.2, 0) is 0 Å². The van der Waals surface area contributed by atoms with E-state index in [0.29, 0.717) is 17.2 Å². The molecule has 0 aliphatic carbocycles. The lowest BCUT2D eigenvalue weighted by atomic mass is 10.1. The van der Waals surface area contributed by atoms with Gasteiger partial charge in [0.1, 0.15) is 5.75 Å². The Bertz CT molecular complexity index is 851. The van der Waals surface area contributed by atoms with Gasteiger partial charge in [-0.3, -0.25) is 4.79 Å². The number of benzene rings is 2. The summed E-state index contributed by atoms with van der Waals surface area (Å²) in [5, 5.41) is 1.23. The molecular weight excluding hydrogens is 300 g/mol. The molecular formula is C20H20N2O2. The zero-order chi connectivity index (χ0) is 16.5. The topological polar surface area (TPSA) is 45.3 Å². The number of aromatic nitrogens is 1. The van der Waals surface area contributed by atoms with E-state index in [9.17, 15) is 4.79 Å². The average Bonchev–Trinajstić information content (AvgIpc) is 3.27. The number of methoxy groups -OCH3 is 1. The molecule has 1 amide bonds. The number of amides is 1. The first-order valence-electron chi connectivity index (χ1n) is 8.25. The van der Waals surface area contributed by atoms with E-state index in [1.54, 1.807) is 13.2 Å². The Labute approximate surface area is 141 Å². The molecule has 4 rings (SSSR count). The van der Waals surface area contributed by atoms with Crippen LogP contribution in [0.2, 0.25) is 0 Å². The number of para-hydroxylation sites is 1. The van der Waals surface area contributed by atoms with Gasteiger partial charge >= 0.3 is 0 Å². The molecule has 1 aliphatic rings. The molecule has 1 fully saturated rings. The van der Waals surface area contributed by atoms with Gasteiger partial charge in [-0.2, -0.15) is 0 Å². The van der Waals surface area contributed by atoms with Crippen molar-refractivity contribution >= 4 is 16.8 Å². The summed E-state index contributed by atoms with van der Waals surface area (Å²) in [6.45, 7) is 1.54. The second-order valence-electron chi connectivity index (χ2n) is 6.28. The quantitative estimate of drug-likeness (QED) is 0.797. The number of likely N-dealkylation sites (tertiary alicyclic amines) is 1. The number of H-pyrrole nitrogens is 1. The number of fused-ring (bicyclic) bond motifs is 1. The average molecular weight is 320 g/mol. The Morgan fingerprint density at radius 3 is 2.88 bits per heavy atom. The summed E-state index contributed by atoms with van der Waals surface area (Å²) < 4.78 is 5.22. The standard InChI is InChI=1S/C20H20N2O2/c1-24-17-7-4-6-15(11-17)20(23)22-10-9-16(13-22)19-12-14-5-2-3-8-18(14)21-19/h2-8,11-12,16,21H,9-10,13H2,1H3. The number of carbonyl (C=O) groups excluding carboxylic acids is 1. The van der Waals surface area contributed by atoms with Crippen molar-refractivity contribution in [2.45, 2.75) is 12.3 Å². The van der Waals surface area contributed by atoms with Crippen molar-refractivity contribution in [3.63, 3.8) is 0 Å². The van der Waals surface area contributed by atoms with Crippen molar-refractivity contribution in [2.75, 3.05) is 20.2 Å². The number of hydrogen-bond acceptors (Lipinski definition) is 2. The van der Waals surface area contributed by atoms with Gasteiger partial charge in [-0.15, -0.1) is 0 Å². The summed E-state index contributed by atoms with van der Waals surface area (Å²) in [5.41, 5.74) is 3.06. The molecule has 1 aromatic heterocycles. The van der Waals surface area contributed by atoms with E-state index in [-0.39, 0.29) is 5.91 Å². The van der Waals surface area contributed by atoms with E-state index in [1.807, 2.05) is 35.2 Å². The zero-order valence-electron chi connectivity index (χ0n) is 13.7. The summed E-state index contributed by atoms with van der Waals surface area (Å²) >= 11 is 0. The van der Waals surface area contributed by atoms with Crippen LogP contribution in [0.3, 0.4) is 0 Å². The van der Waals surface area contributed by atoms with E-state index in [1.165, 1.54) is 11.1 Å². The van der Waals surface area contributed by atoms with E-state index in [0.717, 1.165) is 25.0 Å². The third-order valence-corrected chi connectivity index (χ3v) is 4.78. The van der Waals surface area contributed by atoms with E-state index >= 15 is 0 Å². The van der Waals surface area contributed by atoms with Crippen molar-refractivity contribution in [1.29, 1.82) is 0 Å². The predicted octanol–water partition coefficient (Wildman–Crippen LogP) is 3.81. The molecule has 0 bridgehead atoms. The highest BCUT2D eigenvalue weighted by atomic mass is 16.5. The first kappa shape index (κ1) is 14.8. The maximum absolute atomic E-state index is 12.7. The van der Waals surface area contributed by atoms with Crippen molar-refractivity contribution in [3.8, 4) is 5.75 Å². The van der Waals surface area contributed by atoms with Gasteiger partial charge in [-0.25, -0.2) is 0 Å². The van der Waals surface area contributed by atoms with Crippen LogP contribution in [0.15, 0.2) is 54.6 Å². The number of aromatic amines is 1. The van der Waals surface area contributed by atoms with Gasteiger partial charge in [0.2, 0.25) is 0 Å². The van der Waals surface area contributed by atoms with Gasteiger partial charge in [0.25, 0.3) is 5.91 Å². The van der Waals surface area contributed by atoms with Gasteiger partial charge in [-0.05, 0) is 42.1 Å². The molecule has 1 unspecified atom stereocenters. The number of carbonyl (C=O) groups is 1. The smallest absolute Gasteiger partial charge is 0.254 e. The molecule has 0 saturated carbocycles. The van der Waals surface area contributed by atoms with Gasteiger partial charge in [0, 0.05) is 35.8 Å². The second kappa shape index (κ2) is 6.04. The van der Waals surface area contributed by atoms with Crippen molar-refractivity contribution in [1.82, 2.24) is 9.88 Å². The van der Waals surface area contributed by atoms with E-state index in [4.69, 9.17) is 4.74 Å². The fourth-order valence-corrected chi connectivity index (χ4v) is 3.45. The van der Waals surface area contributed by atoms with E-state index in [2.05, 4.69) is 23.2 Å². The minimum Gasteiger partial charge on any atom is -0.497 e. The fraction of sp³-hybridized carbons (Fsp3) is 0.250. The van der Waals surface area contributed by atoms with Crippen molar-refractivity contribution < 1.29 is 9.53 Å². The van der Waals surface area contributed by atoms with Crippen LogP contribution in [0.25, 0.3) is 10.9 Å². The molecule has 4 nitrogen and oxygen atoms in total. The molecule has 0 spiro atoms. The Morgan fingerprint density at radius 2 is 2.04 bits per heavy atom. The molecule has 1 saturated heterocycles.